The van der Waals surface area contributed by atoms with E-state index in [0.717, 1.165) is 18.7 Å². The zero-order valence-corrected chi connectivity index (χ0v) is 9.62. The van der Waals surface area contributed by atoms with E-state index < -0.39 is 0 Å². The van der Waals surface area contributed by atoms with E-state index in [1.807, 2.05) is 19.1 Å². The highest BCUT2D eigenvalue weighted by Gasteiger charge is 1.98. The zero-order chi connectivity index (χ0) is 11.1. The summed E-state index contributed by atoms with van der Waals surface area (Å²) in [5.41, 5.74) is 7.22. The van der Waals surface area contributed by atoms with Crippen LogP contribution in [-0.4, -0.2) is 11.6 Å². The average molecular weight is 208 g/mol. The van der Waals surface area contributed by atoms with Gasteiger partial charge in [-0.05, 0) is 19.4 Å². The van der Waals surface area contributed by atoms with Gasteiger partial charge in [0.05, 0.1) is 18.0 Å². The van der Waals surface area contributed by atoms with Crippen LogP contribution in [0, 0.1) is 6.92 Å². The molecular weight excluding hydrogens is 188 g/mol. The van der Waals surface area contributed by atoms with Crippen molar-refractivity contribution in [3.05, 3.63) is 17.8 Å². The van der Waals surface area contributed by atoms with Gasteiger partial charge in [0, 0.05) is 6.07 Å². The highest BCUT2D eigenvalue weighted by Crippen LogP contribution is 2.14. The van der Waals surface area contributed by atoms with Crippen molar-refractivity contribution in [3.63, 3.8) is 0 Å². The fraction of sp³-hybridized carbons (Fsp3) is 0.583. The van der Waals surface area contributed by atoms with Crippen molar-refractivity contribution in [2.24, 2.45) is 0 Å². The molecule has 0 aliphatic rings. The minimum Gasteiger partial charge on any atom is -0.478 e. The second-order valence-corrected chi connectivity index (χ2v) is 3.73. The molecule has 0 aromatic carbocycles. The van der Waals surface area contributed by atoms with Gasteiger partial charge < -0.3 is 10.5 Å². The first-order chi connectivity index (χ1) is 7.24. The summed E-state index contributed by atoms with van der Waals surface area (Å²) < 4.78 is 5.52. The number of hydrogen-bond donors (Lipinski definition) is 1. The number of unbranched alkanes of at least 4 members (excludes halogenated alkanes) is 3. The molecule has 1 heterocycles. The molecule has 3 heteroatoms. The Morgan fingerprint density at radius 2 is 2.07 bits per heavy atom. The molecule has 0 fully saturated rings. The van der Waals surface area contributed by atoms with E-state index in [4.69, 9.17) is 10.5 Å². The van der Waals surface area contributed by atoms with Crippen molar-refractivity contribution in [2.75, 3.05) is 12.3 Å². The quantitative estimate of drug-likeness (QED) is 0.731. The molecule has 3 nitrogen and oxygen atoms in total. The van der Waals surface area contributed by atoms with E-state index in [2.05, 4.69) is 11.9 Å². The molecule has 0 saturated carbocycles. The molecule has 0 atom stereocenters. The molecule has 0 saturated heterocycles. The fourth-order valence-electron chi connectivity index (χ4n) is 1.33. The van der Waals surface area contributed by atoms with Crippen LogP contribution in [0.3, 0.4) is 0 Å². The number of hydrogen-bond acceptors (Lipinski definition) is 3. The maximum Gasteiger partial charge on any atom is 0.213 e. The van der Waals surface area contributed by atoms with Gasteiger partial charge in [0.25, 0.3) is 0 Å². The first-order valence-corrected chi connectivity index (χ1v) is 5.60. The van der Waals surface area contributed by atoms with Gasteiger partial charge in [0.2, 0.25) is 5.88 Å². The summed E-state index contributed by atoms with van der Waals surface area (Å²) in [5.74, 6) is 0.679. The summed E-state index contributed by atoms with van der Waals surface area (Å²) in [7, 11) is 0. The normalized spacial score (nSPS) is 10.3. The van der Waals surface area contributed by atoms with Crippen molar-refractivity contribution >= 4 is 5.69 Å². The van der Waals surface area contributed by atoms with E-state index in [-0.39, 0.29) is 0 Å². The topological polar surface area (TPSA) is 48.1 Å². The van der Waals surface area contributed by atoms with Gasteiger partial charge in [0.1, 0.15) is 0 Å². The summed E-state index contributed by atoms with van der Waals surface area (Å²) in [6, 6.07) is 3.66. The number of pyridine rings is 1. The second-order valence-electron chi connectivity index (χ2n) is 3.73. The van der Waals surface area contributed by atoms with E-state index in [1.54, 1.807) is 0 Å². The lowest BCUT2D eigenvalue weighted by Crippen LogP contribution is -2.01. The van der Waals surface area contributed by atoms with Gasteiger partial charge >= 0.3 is 0 Å². The summed E-state index contributed by atoms with van der Waals surface area (Å²) >= 11 is 0. The number of rotatable bonds is 6. The largest absolute Gasteiger partial charge is 0.478 e. The molecule has 0 aliphatic heterocycles. The molecule has 0 spiro atoms. The summed E-state index contributed by atoms with van der Waals surface area (Å²) in [5, 5.41) is 0. The van der Waals surface area contributed by atoms with Crippen molar-refractivity contribution < 1.29 is 4.74 Å². The molecule has 1 aromatic rings. The van der Waals surface area contributed by atoms with Crippen LogP contribution in [-0.2, 0) is 0 Å². The molecule has 0 aliphatic carbocycles. The molecular formula is C12H20N2O. The Labute approximate surface area is 91.7 Å². The lowest BCUT2D eigenvalue weighted by Gasteiger charge is -2.06. The Morgan fingerprint density at radius 3 is 2.73 bits per heavy atom. The summed E-state index contributed by atoms with van der Waals surface area (Å²) in [6.45, 7) is 4.83. The predicted molar refractivity (Wildman–Crippen MR) is 63.0 cm³/mol. The highest BCUT2D eigenvalue weighted by molar-refractivity contribution is 5.43. The predicted octanol–water partition coefficient (Wildman–Crippen LogP) is 2.93. The molecule has 1 aromatic heterocycles. The third kappa shape index (κ3) is 4.19. The number of aromatic nitrogens is 1. The van der Waals surface area contributed by atoms with Crippen LogP contribution in [0.15, 0.2) is 12.1 Å². The molecule has 2 N–H and O–H groups in total. The van der Waals surface area contributed by atoms with Crippen molar-refractivity contribution in [2.45, 2.75) is 39.5 Å². The van der Waals surface area contributed by atoms with E-state index >= 15 is 0 Å². The van der Waals surface area contributed by atoms with E-state index in [0.29, 0.717) is 11.6 Å². The Hall–Kier alpha value is -1.25. The molecule has 15 heavy (non-hydrogen) atoms. The smallest absolute Gasteiger partial charge is 0.213 e. The van der Waals surface area contributed by atoms with Crippen LogP contribution in [0.2, 0.25) is 0 Å². The third-order valence-electron chi connectivity index (χ3n) is 2.35. The molecule has 0 unspecified atom stereocenters. The number of nitrogens with two attached hydrogens (primary N) is 1. The number of aryl methyl sites for hydroxylation is 1. The number of nitrogen functional groups attached to an aromatic ring is 1. The number of anilines is 1. The lowest BCUT2D eigenvalue weighted by atomic mass is 10.2. The van der Waals surface area contributed by atoms with Crippen molar-refractivity contribution in [1.29, 1.82) is 0 Å². The fourth-order valence-corrected chi connectivity index (χ4v) is 1.33. The maximum atomic E-state index is 5.67. The van der Waals surface area contributed by atoms with Crippen LogP contribution < -0.4 is 10.5 Å². The monoisotopic (exact) mass is 208 g/mol. The maximum absolute atomic E-state index is 5.67. The van der Waals surface area contributed by atoms with Crippen molar-refractivity contribution in [3.8, 4) is 5.88 Å². The Bertz CT molecular complexity index is 300. The Kier molecular flexibility index (Phi) is 4.95. The van der Waals surface area contributed by atoms with E-state index in [9.17, 15) is 0 Å². The first-order valence-electron chi connectivity index (χ1n) is 5.60. The van der Waals surface area contributed by atoms with Gasteiger partial charge in [0.15, 0.2) is 0 Å². The SMILES string of the molecule is CCCCCCOc1ccc(N)c(C)n1. The number of nitrogens with zero attached hydrogens (tertiary/aromatic N) is 1. The van der Waals surface area contributed by atoms with Gasteiger partial charge in [-0.25, -0.2) is 4.98 Å². The van der Waals surface area contributed by atoms with Crippen LogP contribution in [0.25, 0.3) is 0 Å². The van der Waals surface area contributed by atoms with Crippen LogP contribution in [0.5, 0.6) is 5.88 Å². The number of ether oxygens (including phenoxy) is 1. The first kappa shape index (κ1) is 11.8. The molecule has 0 bridgehead atoms. The molecule has 84 valence electrons. The second kappa shape index (κ2) is 6.27. The Morgan fingerprint density at radius 1 is 1.27 bits per heavy atom. The van der Waals surface area contributed by atoms with Crippen LogP contribution in [0.4, 0.5) is 5.69 Å². The average Bonchev–Trinajstić information content (AvgIpc) is 2.23. The minimum absolute atomic E-state index is 0.679. The van der Waals surface area contributed by atoms with Crippen LogP contribution in [0.1, 0.15) is 38.3 Å². The molecule has 0 radical (unpaired) electrons. The van der Waals surface area contributed by atoms with Crippen molar-refractivity contribution in [1.82, 2.24) is 4.98 Å². The van der Waals surface area contributed by atoms with Gasteiger partial charge in [-0.3, -0.25) is 0 Å². The minimum atomic E-state index is 0.679. The summed E-state index contributed by atoms with van der Waals surface area (Å²) in [6.07, 6.45) is 4.85. The third-order valence-corrected chi connectivity index (χ3v) is 2.35. The summed E-state index contributed by atoms with van der Waals surface area (Å²) in [4.78, 5) is 4.24. The molecule has 0 amide bonds. The standard InChI is InChI=1S/C12H20N2O/c1-3-4-5-6-9-15-12-8-7-11(13)10(2)14-12/h7-8H,3-6,9,13H2,1-2H3. The molecule has 1 rings (SSSR count). The lowest BCUT2D eigenvalue weighted by molar-refractivity contribution is 0.293. The van der Waals surface area contributed by atoms with Gasteiger partial charge in [-0.2, -0.15) is 0 Å². The highest BCUT2D eigenvalue weighted by atomic mass is 16.5. The van der Waals surface area contributed by atoms with Crippen LogP contribution >= 0.6 is 0 Å². The Balaban J connectivity index is 2.28. The zero-order valence-electron chi connectivity index (χ0n) is 9.62. The van der Waals surface area contributed by atoms with E-state index in [1.165, 1.54) is 19.3 Å². The van der Waals surface area contributed by atoms with Gasteiger partial charge in [-0.1, -0.05) is 26.2 Å². The van der Waals surface area contributed by atoms with Gasteiger partial charge in [-0.15, -0.1) is 0 Å².